The van der Waals surface area contributed by atoms with Crippen molar-refractivity contribution in [3.8, 4) is 5.75 Å². The molecule has 3 aliphatic heterocycles. The number of fused-ring (bicyclic) bond motifs is 1. The Morgan fingerprint density at radius 1 is 1.14 bits per heavy atom. The normalized spacial score (nSPS) is 27.8. The minimum atomic E-state index is -4.56. The molecule has 2 aromatic rings. The number of ether oxygens (including phenoxy) is 3. The van der Waals surface area contributed by atoms with Gasteiger partial charge in [0.05, 0.1) is 35.9 Å². The number of likely N-dealkylation sites (tertiary alicyclic amines) is 1. The van der Waals surface area contributed by atoms with Crippen LogP contribution in [0.4, 0.5) is 13.2 Å². The summed E-state index contributed by atoms with van der Waals surface area (Å²) in [6.07, 6.45) is -0.473. The molecule has 3 fully saturated rings. The predicted molar refractivity (Wildman–Crippen MR) is 157 cm³/mol. The lowest BCUT2D eigenvalue weighted by molar-refractivity contribution is -0.180. The fourth-order valence-corrected chi connectivity index (χ4v) is 7.58. The van der Waals surface area contributed by atoms with E-state index in [1.54, 1.807) is 13.0 Å². The fraction of sp³-hybridized carbons (Fsp3) is 0.576. The second-order valence-electron chi connectivity index (χ2n) is 12.6. The predicted octanol–water partition coefficient (Wildman–Crippen LogP) is 6.67. The average molecular weight is 635 g/mol. The molecule has 2 aromatic carbocycles. The van der Waals surface area contributed by atoms with Crippen LogP contribution in [0.3, 0.4) is 0 Å². The van der Waals surface area contributed by atoms with Gasteiger partial charge in [0.2, 0.25) is 0 Å². The summed E-state index contributed by atoms with van der Waals surface area (Å²) in [6, 6.07) is 9.79. The minimum Gasteiger partial charge on any atom is -0.471 e. The Morgan fingerprint density at radius 2 is 1.93 bits per heavy atom. The van der Waals surface area contributed by atoms with Crippen LogP contribution in [0.1, 0.15) is 78.9 Å². The van der Waals surface area contributed by atoms with Crippen LogP contribution < -0.4 is 4.74 Å². The molecule has 1 aliphatic carbocycles. The Bertz CT molecular complexity index is 1410. The Morgan fingerprint density at radius 3 is 2.59 bits per heavy atom. The summed E-state index contributed by atoms with van der Waals surface area (Å²) in [5.41, 5.74) is 0.119. The molecule has 3 heterocycles. The highest BCUT2D eigenvalue weighted by atomic mass is 35.5. The molecular weight excluding hydrogens is 597 g/mol. The lowest BCUT2D eigenvalue weighted by atomic mass is 9.79. The van der Waals surface area contributed by atoms with Crippen molar-refractivity contribution >= 4 is 23.5 Å². The highest BCUT2D eigenvalue weighted by Gasteiger charge is 2.56. The number of rotatable bonds is 6. The van der Waals surface area contributed by atoms with E-state index >= 15 is 0 Å². The topological polar surface area (TPSA) is 68.3 Å². The van der Waals surface area contributed by atoms with E-state index in [2.05, 4.69) is 17.9 Å². The number of carbonyl (C=O) groups is 2. The van der Waals surface area contributed by atoms with Gasteiger partial charge in [-0.15, -0.1) is 0 Å². The van der Waals surface area contributed by atoms with Crippen LogP contribution in [0.25, 0.3) is 0 Å². The summed E-state index contributed by atoms with van der Waals surface area (Å²) in [7, 11) is 0. The Kier molecular flexibility index (Phi) is 8.63. The van der Waals surface area contributed by atoms with E-state index in [-0.39, 0.29) is 53.4 Å². The van der Waals surface area contributed by atoms with E-state index in [4.69, 9.17) is 25.8 Å². The monoisotopic (exact) mass is 634 g/mol. The first-order valence-electron chi connectivity index (χ1n) is 15.5. The Balaban J connectivity index is 1.10. The summed E-state index contributed by atoms with van der Waals surface area (Å²) in [6.45, 7) is 6.47. The molecule has 44 heavy (non-hydrogen) atoms. The van der Waals surface area contributed by atoms with E-state index in [1.807, 2.05) is 12.1 Å². The van der Waals surface area contributed by atoms with Gasteiger partial charge in [-0.1, -0.05) is 30.7 Å². The van der Waals surface area contributed by atoms with Crippen LogP contribution in [0.2, 0.25) is 5.02 Å². The zero-order valence-electron chi connectivity index (χ0n) is 25.0. The zero-order valence-corrected chi connectivity index (χ0v) is 25.8. The van der Waals surface area contributed by atoms with Crippen LogP contribution >= 0.6 is 11.6 Å². The molecule has 2 saturated heterocycles. The molecule has 1 amide bonds. The van der Waals surface area contributed by atoms with Gasteiger partial charge >= 0.3 is 12.1 Å². The molecule has 0 radical (unpaired) electrons. The maximum absolute atomic E-state index is 14.0. The molecule has 6 rings (SSSR count). The summed E-state index contributed by atoms with van der Waals surface area (Å²) in [5, 5.41) is -0.111. The Hall–Kier alpha value is -2.82. The molecule has 7 nitrogen and oxygen atoms in total. The van der Waals surface area contributed by atoms with Crippen molar-refractivity contribution in [3.63, 3.8) is 0 Å². The second-order valence-corrected chi connectivity index (χ2v) is 13.0. The average Bonchev–Trinajstić information content (AvgIpc) is 3.86. The van der Waals surface area contributed by atoms with Crippen molar-refractivity contribution in [2.24, 2.45) is 11.8 Å². The number of carbonyl (C=O) groups excluding carboxylic acids is 2. The maximum atomic E-state index is 14.0. The van der Waals surface area contributed by atoms with Gasteiger partial charge in [-0.3, -0.25) is 9.69 Å². The quantitative estimate of drug-likeness (QED) is 0.331. The molecule has 0 bridgehead atoms. The van der Waals surface area contributed by atoms with Crippen LogP contribution in [0, 0.1) is 11.8 Å². The summed E-state index contributed by atoms with van der Waals surface area (Å²) in [5.74, 6) is 0.453. The zero-order chi connectivity index (χ0) is 31.2. The van der Waals surface area contributed by atoms with Gasteiger partial charge in [-0.2, -0.15) is 13.2 Å². The van der Waals surface area contributed by atoms with Crippen molar-refractivity contribution in [3.05, 3.63) is 63.7 Å². The SMILES string of the molecule is CCOC(=O)c1cccc([C@H]2CCN([C@@H]3CC[C@@](C(=O)N4COc5c(Cl)cc(C(F)(F)F)cc5C4)(C4CC4)OC3)C[C@@H]2C)c1. The minimum absolute atomic E-state index is 0.0124. The largest absolute Gasteiger partial charge is 0.471 e. The van der Waals surface area contributed by atoms with Gasteiger partial charge in [0.25, 0.3) is 5.91 Å². The van der Waals surface area contributed by atoms with Gasteiger partial charge in [-0.05, 0) is 93.2 Å². The van der Waals surface area contributed by atoms with Crippen LogP contribution in [-0.2, 0) is 27.0 Å². The third-order valence-electron chi connectivity index (χ3n) is 9.72. The van der Waals surface area contributed by atoms with Crippen molar-refractivity contribution < 1.29 is 37.0 Å². The highest BCUT2D eigenvalue weighted by Crippen LogP contribution is 2.49. The van der Waals surface area contributed by atoms with Crippen LogP contribution in [0.15, 0.2) is 36.4 Å². The second kappa shape index (κ2) is 12.2. The van der Waals surface area contributed by atoms with Crippen molar-refractivity contribution in [1.29, 1.82) is 0 Å². The van der Waals surface area contributed by atoms with Crippen LogP contribution in [-0.4, -0.2) is 66.4 Å². The van der Waals surface area contributed by atoms with E-state index < -0.39 is 17.3 Å². The van der Waals surface area contributed by atoms with Gasteiger partial charge in [-0.25, -0.2) is 4.79 Å². The molecule has 4 aliphatic rings. The van der Waals surface area contributed by atoms with Crippen molar-refractivity contribution in [2.45, 2.75) is 76.2 Å². The van der Waals surface area contributed by atoms with E-state index in [1.165, 1.54) is 4.90 Å². The number of amides is 1. The number of hydrogen-bond donors (Lipinski definition) is 0. The smallest absolute Gasteiger partial charge is 0.416 e. The summed E-state index contributed by atoms with van der Waals surface area (Å²) in [4.78, 5) is 30.2. The number of alkyl halides is 3. The van der Waals surface area contributed by atoms with Gasteiger partial charge in [0.1, 0.15) is 11.4 Å². The maximum Gasteiger partial charge on any atom is 0.416 e. The molecule has 1 saturated carbocycles. The molecule has 0 spiro atoms. The number of halogens is 4. The van der Waals surface area contributed by atoms with Gasteiger partial charge < -0.3 is 19.1 Å². The van der Waals surface area contributed by atoms with Crippen molar-refractivity contribution in [2.75, 3.05) is 33.0 Å². The molecule has 0 aromatic heterocycles. The van der Waals surface area contributed by atoms with Gasteiger partial charge in [0.15, 0.2) is 6.73 Å². The fourth-order valence-electron chi connectivity index (χ4n) is 7.28. The summed E-state index contributed by atoms with van der Waals surface area (Å²) < 4.78 is 57.7. The molecule has 0 N–H and O–H groups in total. The summed E-state index contributed by atoms with van der Waals surface area (Å²) >= 11 is 6.12. The van der Waals surface area contributed by atoms with Crippen LogP contribution in [0.5, 0.6) is 5.75 Å². The lowest BCUT2D eigenvalue weighted by Crippen LogP contribution is -2.59. The van der Waals surface area contributed by atoms with Gasteiger partial charge in [0, 0.05) is 18.2 Å². The first kappa shape index (κ1) is 31.2. The standard InChI is InChI=1S/C33H38ClF3N2O5/c1-3-42-30(40)22-6-4-5-21(13-22)27-10-12-38(16-20(27)2)26-9-11-32(44-18-26,24-7-8-24)31(41)39-17-23-14-25(33(35,36)37)15-28(34)29(23)43-19-39/h4-6,13-15,20,24,26-27H,3,7-12,16-19H2,1-2H3/t20-,26+,27-,32-/m0/s1. The Labute approximate surface area is 260 Å². The number of hydrogen-bond acceptors (Lipinski definition) is 6. The molecule has 0 unspecified atom stereocenters. The van der Waals surface area contributed by atoms with E-state index in [0.717, 1.165) is 56.5 Å². The van der Waals surface area contributed by atoms with E-state index in [0.29, 0.717) is 37.0 Å². The lowest BCUT2D eigenvalue weighted by Gasteiger charge is -2.47. The first-order valence-corrected chi connectivity index (χ1v) is 15.8. The number of esters is 1. The number of benzene rings is 2. The highest BCUT2D eigenvalue weighted by molar-refractivity contribution is 6.32. The third-order valence-corrected chi connectivity index (χ3v) is 10.0. The van der Waals surface area contributed by atoms with E-state index in [9.17, 15) is 22.8 Å². The molecular formula is C33H38ClF3N2O5. The first-order chi connectivity index (χ1) is 21.0. The molecule has 11 heteroatoms. The number of piperidine rings is 1. The molecule has 4 atom stereocenters. The van der Waals surface area contributed by atoms with Crippen molar-refractivity contribution in [1.82, 2.24) is 9.80 Å². The number of nitrogens with zero attached hydrogens (tertiary/aromatic N) is 2. The third kappa shape index (κ3) is 6.05. The molecule has 238 valence electrons.